The summed E-state index contributed by atoms with van der Waals surface area (Å²) < 4.78 is 5.45. The standard InChI is InChI=1S/C14H20N2O/c1-4-9-16(3)14(11-15)12-7-6-8-13(10-12)17-5-2/h6-8,10,14H,4-5,9H2,1-3H3. The van der Waals surface area contributed by atoms with E-state index < -0.39 is 0 Å². The minimum absolute atomic E-state index is 0.199. The smallest absolute Gasteiger partial charge is 0.123 e. The fraction of sp³-hybridized carbons (Fsp3) is 0.500. The molecule has 1 aromatic carbocycles. The molecule has 0 saturated heterocycles. The molecule has 3 heteroatoms. The van der Waals surface area contributed by atoms with Crippen LogP contribution in [0.4, 0.5) is 0 Å². The Morgan fingerprint density at radius 3 is 2.76 bits per heavy atom. The number of hydrogen-bond donors (Lipinski definition) is 0. The molecule has 0 saturated carbocycles. The summed E-state index contributed by atoms with van der Waals surface area (Å²) >= 11 is 0. The predicted octanol–water partition coefficient (Wildman–Crippen LogP) is 2.99. The van der Waals surface area contributed by atoms with E-state index in [2.05, 4.69) is 17.9 Å². The van der Waals surface area contributed by atoms with Gasteiger partial charge in [-0.15, -0.1) is 0 Å². The van der Waals surface area contributed by atoms with Crippen LogP contribution in [-0.2, 0) is 0 Å². The van der Waals surface area contributed by atoms with Gasteiger partial charge < -0.3 is 4.74 Å². The van der Waals surface area contributed by atoms with Crippen LogP contribution in [0, 0.1) is 11.3 Å². The number of ether oxygens (including phenoxy) is 1. The first-order valence-corrected chi connectivity index (χ1v) is 6.05. The van der Waals surface area contributed by atoms with Crippen LogP contribution in [0.15, 0.2) is 24.3 Å². The zero-order chi connectivity index (χ0) is 12.7. The summed E-state index contributed by atoms with van der Waals surface area (Å²) in [5.74, 6) is 0.829. The van der Waals surface area contributed by atoms with E-state index in [1.54, 1.807) is 0 Å². The maximum absolute atomic E-state index is 9.26. The predicted molar refractivity (Wildman–Crippen MR) is 68.9 cm³/mol. The summed E-state index contributed by atoms with van der Waals surface area (Å²) in [6, 6.07) is 9.92. The van der Waals surface area contributed by atoms with E-state index in [4.69, 9.17) is 4.74 Å². The van der Waals surface area contributed by atoms with Gasteiger partial charge in [0, 0.05) is 0 Å². The Hall–Kier alpha value is -1.53. The maximum atomic E-state index is 9.26. The van der Waals surface area contributed by atoms with Crippen molar-refractivity contribution in [1.29, 1.82) is 5.26 Å². The van der Waals surface area contributed by atoms with Gasteiger partial charge >= 0.3 is 0 Å². The van der Waals surface area contributed by atoms with Gasteiger partial charge in [-0.2, -0.15) is 5.26 Å². The average Bonchev–Trinajstić information content (AvgIpc) is 2.31. The summed E-state index contributed by atoms with van der Waals surface area (Å²) in [6.45, 7) is 5.63. The molecule has 0 bridgehead atoms. The Balaban J connectivity index is 2.88. The van der Waals surface area contributed by atoms with Gasteiger partial charge in [-0.05, 0) is 44.6 Å². The first-order chi connectivity index (χ1) is 8.22. The van der Waals surface area contributed by atoms with E-state index in [-0.39, 0.29) is 6.04 Å². The average molecular weight is 232 g/mol. The number of hydrogen-bond acceptors (Lipinski definition) is 3. The molecule has 0 aromatic heterocycles. The molecular formula is C14H20N2O. The van der Waals surface area contributed by atoms with Gasteiger partial charge in [-0.3, -0.25) is 4.90 Å². The van der Waals surface area contributed by atoms with E-state index >= 15 is 0 Å². The van der Waals surface area contributed by atoms with Gasteiger partial charge in [-0.25, -0.2) is 0 Å². The van der Waals surface area contributed by atoms with Gasteiger partial charge in [0.1, 0.15) is 11.8 Å². The van der Waals surface area contributed by atoms with Crippen molar-refractivity contribution < 1.29 is 4.74 Å². The molecule has 0 aliphatic rings. The Morgan fingerprint density at radius 1 is 1.41 bits per heavy atom. The molecule has 0 aliphatic carbocycles. The highest BCUT2D eigenvalue weighted by molar-refractivity contribution is 5.33. The van der Waals surface area contributed by atoms with E-state index in [9.17, 15) is 5.26 Å². The zero-order valence-electron chi connectivity index (χ0n) is 10.8. The largest absolute Gasteiger partial charge is 0.494 e. The second kappa shape index (κ2) is 6.93. The lowest BCUT2D eigenvalue weighted by Crippen LogP contribution is -2.24. The molecule has 1 aromatic rings. The molecular weight excluding hydrogens is 212 g/mol. The topological polar surface area (TPSA) is 36.3 Å². The molecule has 1 atom stereocenters. The summed E-state index contributed by atoms with van der Waals surface area (Å²) in [6.07, 6.45) is 1.04. The molecule has 1 unspecified atom stereocenters. The summed E-state index contributed by atoms with van der Waals surface area (Å²) in [4.78, 5) is 2.06. The molecule has 0 radical (unpaired) electrons. The van der Waals surface area contributed by atoms with Crippen molar-refractivity contribution >= 4 is 0 Å². The van der Waals surface area contributed by atoms with Crippen molar-refractivity contribution in [3.8, 4) is 11.8 Å². The SMILES string of the molecule is CCCN(C)C(C#N)c1cccc(OCC)c1. The Labute approximate surface area is 104 Å². The quantitative estimate of drug-likeness (QED) is 0.756. The molecule has 1 rings (SSSR count). The van der Waals surface area contributed by atoms with Crippen LogP contribution in [0.25, 0.3) is 0 Å². The second-order valence-corrected chi connectivity index (χ2v) is 4.02. The highest BCUT2D eigenvalue weighted by atomic mass is 16.5. The Morgan fingerprint density at radius 2 is 2.18 bits per heavy atom. The third-order valence-corrected chi connectivity index (χ3v) is 2.62. The summed E-state index contributed by atoms with van der Waals surface area (Å²) in [5, 5.41) is 9.26. The van der Waals surface area contributed by atoms with Gasteiger partial charge in [0.25, 0.3) is 0 Å². The molecule has 0 spiro atoms. The first kappa shape index (κ1) is 13.5. The van der Waals surface area contributed by atoms with Crippen LogP contribution in [0.1, 0.15) is 31.9 Å². The molecule has 0 amide bonds. The van der Waals surface area contributed by atoms with Crippen LogP contribution >= 0.6 is 0 Å². The number of nitrogens with zero attached hydrogens (tertiary/aromatic N) is 2. The van der Waals surface area contributed by atoms with E-state index in [0.29, 0.717) is 6.61 Å². The van der Waals surface area contributed by atoms with Gasteiger partial charge in [0.2, 0.25) is 0 Å². The van der Waals surface area contributed by atoms with Crippen LogP contribution in [-0.4, -0.2) is 25.1 Å². The number of nitriles is 1. The van der Waals surface area contributed by atoms with Crippen LogP contribution < -0.4 is 4.74 Å². The number of benzene rings is 1. The van der Waals surface area contributed by atoms with Crippen molar-refractivity contribution in [2.24, 2.45) is 0 Å². The number of rotatable bonds is 6. The van der Waals surface area contributed by atoms with Crippen molar-refractivity contribution in [1.82, 2.24) is 4.90 Å². The molecule has 0 N–H and O–H groups in total. The minimum Gasteiger partial charge on any atom is -0.494 e. The maximum Gasteiger partial charge on any atom is 0.123 e. The molecule has 17 heavy (non-hydrogen) atoms. The van der Waals surface area contributed by atoms with Crippen molar-refractivity contribution in [3.05, 3.63) is 29.8 Å². The molecule has 92 valence electrons. The van der Waals surface area contributed by atoms with Crippen molar-refractivity contribution in [2.75, 3.05) is 20.2 Å². The lowest BCUT2D eigenvalue weighted by Gasteiger charge is -2.22. The van der Waals surface area contributed by atoms with Gasteiger partial charge in [0.05, 0.1) is 12.7 Å². The van der Waals surface area contributed by atoms with Gasteiger partial charge in [-0.1, -0.05) is 19.1 Å². The Kier molecular flexibility index (Phi) is 5.51. The first-order valence-electron chi connectivity index (χ1n) is 6.05. The fourth-order valence-corrected chi connectivity index (χ4v) is 1.85. The molecule has 0 aliphatic heterocycles. The zero-order valence-corrected chi connectivity index (χ0v) is 10.8. The Bertz CT molecular complexity index is 384. The van der Waals surface area contributed by atoms with Crippen LogP contribution in [0.5, 0.6) is 5.75 Å². The van der Waals surface area contributed by atoms with Crippen LogP contribution in [0.2, 0.25) is 0 Å². The van der Waals surface area contributed by atoms with E-state index in [1.165, 1.54) is 0 Å². The molecule has 0 heterocycles. The van der Waals surface area contributed by atoms with Crippen LogP contribution in [0.3, 0.4) is 0 Å². The lowest BCUT2D eigenvalue weighted by molar-refractivity contribution is 0.290. The van der Waals surface area contributed by atoms with E-state index in [1.807, 2.05) is 38.2 Å². The second-order valence-electron chi connectivity index (χ2n) is 4.02. The minimum atomic E-state index is -0.199. The third-order valence-electron chi connectivity index (χ3n) is 2.62. The lowest BCUT2D eigenvalue weighted by atomic mass is 10.1. The summed E-state index contributed by atoms with van der Waals surface area (Å²) in [7, 11) is 1.98. The molecule has 3 nitrogen and oxygen atoms in total. The van der Waals surface area contributed by atoms with E-state index in [0.717, 1.165) is 24.3 Å². The highest BCUT2D eigenvalue weighted by Crippen LogP contribution is 2.23. The van der Waals surface area contributed by atoms with Crippen molar-refractivity contribution in [2.45, 2.75) is 26.3 Å². The third kappa shape index (κ3) is 3.76. The normalized spacial score (nSPS) is 12.2. The molecule has 0 fully saturated rings. The highest BCUT2D eigenvalue weighted by Gasteiger charge is 2.15. The monoisotopic (exact) mass is 232 g/mol. The summed E-state index contributed by atoms with van der Waals surface area (Å²) in [5.41, 5.74) is 0.995. The fourth-order valence-electron chi connectivity index (χ4n) is 1.85. The van der Waals surface area contributed by atoms with Gasteiger partial charge in [0.15, 0.2) is 0 Å². The van der Waals surface area contributed by atoms with Crippen molar-refractivity contribution in [3.63, 3.8) is 0 Å².